The van der Waals surface area contributed by atoms with Crippen molar-refractivity contribution in [3.05, 3.63) is 63.6 Å². The third-order valence-corrected chi connectivity index (χ3v) is 6.54. The predicted molar refractivity (Wildman–Crippen MR) is 128 cm³/mol. The van der Waals surface area contributed by atoms with Gasteiger partial charge in [0.15, 0.2) is 0 Å². The lowest BCUT2D eigenvalue weighted by Gasteiger charge is -2.32. The average molecular weight is 477 g/mol. The second-order valence-corrected chi connectivity index (χ2v) is 9.04. The molecule has 2 aromatic rings. The van der Waals surface area contributed by atoms with Crippen LogP contribution >= 0.6 is 23.2 Å². The van der Waals surface area contributed by atoms with E-state index in [9.17, 15) is 9.59 Å². The van der Waals surface area contributed by atoms with Crippen molar-refractivity contribution in [2.24, 2.45) is 0 Å². The van der Waals surface area contributed by atoms with Gasteiger partial charge in [0, 0.05) is 22.6 Å². The number of hydrogen-bond acceptors (Lipinski definition) is 3. The van der Waals surface area contributed by atoms with Gasteiger partial charge in [-0.2, -0.15) is 0 Å². The Morgan fingerprint density at radius 2 is 1.81 bits per heavy atom. The number of carbonyl (C=O) groups excluding carboxylic acids is 2. The largest absolute Gasteiger partial charge is 0.497 e. The Balaban J connectivity index is 1.83. The van der Waals surface area contributed by atoms with Crippen LogP contribution in [0.5, 0.6) is 5.75 Å². The van der Waals surface area contributed by atoms with Crippen molar-refractivity contribution in [1.82, 2.24) is 10.2 Å². The number of benzene rings is 2. The lowest BCUT2D eigenvalue weighted by atomic mass is 10.1. The van der Waals surface area contributed by atoms with E-state index in [0.717, 1.165) is 42.6 Å². The zero-order chi connectivity index (χ0) is 23.1. The summed E-state index contributed by atoms with van der Waals surface area (Å²) >= 11 is 12.4. The van der Waals surface area contributed by atoms with E-state index in [1.807, 2.05) is 31.2 Å². The molecule has 2 aromatic carbocycles. The van der Waals surface area contributed by atoms with Crippen LogP contribution in [0.1, 0.15) is 50.2 Å². The molecule has 1 fully saturated rings. The Labute approximate surface area is 200 Å². The van der Waals surface area contributed by atoms with Crippen LogP contribution in [-0.4, -0.2) is 35.9 Å². The van der Waals surface area contributed by atoms with Gasteiger partial charge in [-0.25, -0.2) is 0 Å². The van der Waals surface area contributed by atoms with Crippen LogP contribution in [0, 0.1) is 0 Å². The molecule has 1 N–H and O–H groups in total. The van der Waals surface area contributed by atoms with Crippen molar-refractivity contribution in [2.75, 3.05) is 7.11 Å². The molecule has 0 bridgehead atoms. The minimum Gasteiger partial charge on any atom is -0.497 e. The van der Waals surface area contributed by atoms with Crippen molar-refractivity contribution < 1.29 is 14.3 Å². The summed E-state index contributed by atoms with van der Waals surface area (Å²) in [6.07, 6.45) is 4.93. The van der Waals surface area contributed by atoms with Gasteiger partial charge < -0.3 is 15.0 Å². The van der Waals surface area contributed by atoms with Crippen LogP contribution < -0.4 is 10.1 Å². The highest BCUT2D eigenvalue weighted by molar-refractivity contribution is 6.35. The molecular formula is C25H30Cl2N2O3. The fourth-order valence-electron chi connectivity index (χ4n) is 4.14. The molecule has 1 aliphatic rings. The zero-order valence-electron chi connectivity index (χ0n) is 18.6. The van der Waals surface area contributed by atoms with E-state index >= 15 is 0 Å². The van der Waals surface area contributed by atoms with E-state index < -0.39 is 6.04 Å². The van der Waals surface area contributed by atoms with Crippen molar-refractivity contribution in [3.63, 3.8) is 0 Å². The monoisotopic (exact) mass is 476 g/mol. The molecule has 0 unspecified atom stereocenters. The number of rotatable bonds is 9. The van der Waals surface area contributed by atoms with Crippen LogP contribution in [0.4, 0.5) is 0 Å². The fourth-order valence-corrected chi connectivity index (χ4v) is 4.61. The molecule has 0 saturated heterocycles. The second-order valence-electron chi connectivity index (χ2n) is 8.20. The van der Waals surface area contributed by atoms with Crippen LogP contribution in [0.25, 0.3) is 0 Å². The molecule has 3 rings (SSSR count). The van der Waals surface area contributed by atoms with E-state index in [1.54, 1.807) is 30.2 Å². The maximum absolute atomic E-state index is 13.4. The highest BCUT2D eigenvalue weighted by atomic mass is 35.5. The highest BCUT2D eigenvalue weighted by Gasteiger charge is 2.31. The van der Waals surface area contributed by atoms with Crippen molar-refractivity contribution in [2.45, 2.75) is 64.1 Å². The van der Waals surface area contributed by atoms with Crippen LogP contribution in [-0.2, 0) is 22.6 Å². The predicted octanol–water partition coefficient (Wildman–Crippen LogP) is 5.41. The quantitative estimate of drug-likeness (QED) is 0.526. The maximum atomic E-state index is 13.4. The number of nitrogens with zero attached hydrogens (tertiary/aromatic N) is 1. The molecule has 0 radical (unpaired) electrons. The van der Waals surface area contributed by atoms with Gasteiger partial charge in [0.25, 0.3) is 0 Å². The van der Waals surface area contributed by atoms with E-state index in [4.69, 9.17) is 27.9 Å². The lowest BCUT2D eigenvalue weighted by Crippen LogP contribution is -2.51. The summed E-state index contributed by atoms with van der Waals surface area (Å²) in [6, 6.07) is 12.2. The van der Waals surface area contributed by atoms with E-state index in [2.05, 4.69) is 5.32 Å². The van der Waals surface area contributed by atoms with Gasteiger partial charge in [-0.1, -0.05) is 61.2 Å². The highest BCUT2D eigenvalue weighted by Crippen LogP contribution is 2.25. The lowest BCUT2D eigenvalue weighted by molar-refractivity contribution is -0.141. The minimum atomic E-state index is -0.576. The molecule has 0 aliphatic heterocycles. The number of carbonyl (C=O) groups is 2. The van der Waals surface area contributed by atoms with Crippen LogP contribution in [0.2, 0.25) is 10.0 Å². The normalized spacial score (nSPS) is 14.8. The Hall–Kier alpha value is -2.24. The van der Waals surface area contributed by atoms with Gasteiger partial charge in [0.1, 0.15) is 11.8 Å². The molecule has 5 nitrogen and oxygen atoms in total. The summed E-state index contributed by atoms with van der Waals surface area (Å²) in [5.74, 6) is 0.496. The Morgan fingerprint density at radius 3 is 2.41 bits per heavy atom. The number of halogens is 2. The van der Waals surface area contributed by atoms with Gasteiger partial charge in [-0.05, 0) is 54.7 Å². The summed E-state index contributed by atoms with van der Waals surface area (Å²) in [6.45, 7) is 2.16. The van der Waals surface area contributed by atoms with E-state index in [-0.39, 0.29) is 30.8 Å². The van der Waals surface area contributed by atoms with Gasteiger partial charge in [0.2, 0.25) is 11.8 Å². The molecule has 1 saturated carbocycles. The summed E-state index contributed by atoms with van der Waals surface area (Å²) in [4.78, 5) is 28.2. The van der Waals surface area contributed by atoms with Crippen molar-refractivity contribution in [3.8, 4) is 5.75 Å². The molecule has 0 heterocycles. The number of ether oxygens (including phenoxy) is 1. The first-order valence-corrected chi connectivity index (χ1v) is 11.8. The van der Waals surface area contributed by atoms with Gasteiger partial charge in [0.05, 0.1) is 13.5 Å². The molecule has 0 spiro atoms. The molecule has 2 amide bonds. The molecule has 172 valence electrons. The van der Waals surface area contributed by atoms with Gasteiger partial charge in [-0.3, -0.25) is 9.59 Å². The summed E-state index contributed by atoms with van der Waals surface area (Å²) in [5.41, 5.74) is 1.61. The zero-order valence-corrected chi connectivity index (χ0v) is 20.1. The number of nitrogens with one attached hydrogen (secondary N) is 1. The topological polar surface area (TPSA) is 58.6 Å². The van der Waals surface area contributed by atoms with Gasteiger partial charge in [-0.15, -0.1) is 0 Å². The molecular weight excluding hydrogens is 447 g/mol. The molecule has 1 atom stereocenters. The van der Waals surface area contributed by atoms with E-state index in [1.165, 1.54) is 0 Å². The first-order valence-electron chi connectivity index (χ1n) is 11.1. The fraction of sp³-hybridized carbons (Fsp3) is 0.440. The SMILES string of the molecule is CC[C@H](C(=O)NC1CCCC1)N(Cc1ccc(Cl)cc1Cl)C(=O)Cc1ccc(OC)cc1. The van der Waals surface area contributed by atoms with Crippen LogP contribution in [0.3, 0.4) is 0 Å². The number of methoxy groups -OCH3 is 1. The smallest absolute Gasteiger partial charge is 0.243 e. The van der Waals surface area contributed by atoms with Crippen molar-refractivity contribution >= 4 is 35.0 Å². The molecule has 0 aromatic heterocycles. The molecule has 32 heavy (non-hydrogen) atoms. The van der Waals surface area contributed by atoms with Crippen molar-refractivity contribution in [1.29, 1.82) is 0 Å². The third kappa shape index (κ3) is 6.39. The molecule has 7 heteroatoms. The summed E-state index contributed by atoms with van der Waals surface area (Å²) in [5, 5.41) is 4.16. The Kier molecular flexibility index (Phi) is 8.83. The summed E-state index contributed by atoms with van der Waals surface area (Å²) < 4.78 is 5.20. The van der Waals surface area contributed by atoms with Crippen LogP contribution in [0.15, 0.2) is 42.5 Å². The second kappa shape index (κ2) is 11.6. The Bertz CT molecular complexity index is 927. The van der Waals surface area contributed by atoms with E-state index in [0.29, 0.717) is 16.5 Å². The minimum absolute atomic E-state index is 0.104. The number of amides is 2. The summed E-state index contributed by atoms with van der Waals surface area (Å²) in [7, 11) is 1.60. The standard InChI is InChI=1S/C25H30Cl2N2O3/c1-3-23(25(31)28-20-6-4-5-7-20)29(16-18-10-11-19(26)15-22(18)27)24(30)14-17-8-12-21(32-2)13-9-17/h8-13,15,20,23H,3-7,14,16H2,1-2H3,(H,28,31)/t23-/m1/s1. The third-order valence-electron chi connectivity index (χ3n) is 5.96. The Morgan fingerprint density at radius 1 is 1.12 bits per heavy atom. The average Bonchev–Trinajstić information content (AvgIpc) is 3.28. The first kappa shape index (κ1) is 24.4. The molecule has 1 aliphatic carbocycles. The number of hydrogen-bond donors (Lipinski definition) is 1. The van der Waals surface area contributed by atoms with Gasteiger partial charge >= 0.3 is 0 Å². The maximum Gasteiger partial charge on any atom is 0.243 e. The first-order chi connectivity index (χ1) is 15.4.